The molecular weight excluding hydrogens is 246 g/mol. The van der Waals surface area contributed by atoms with Crippen molar-refractivity contribution in [2.24, 2.45) is 0 Å². The fourth-order valence-corrected chi connectivity index (χ4v) is 1.94. The maximum atomic E-state index is 11.5. The van der Waals surface area contributed by atoms with E-state index >= 15 is 0 Å². The zero-order valence-electron chi connectivity index (χ0n) is 11.0. The zero-order chi connectivity index (χ0) is 13.7. The van der Waals surface area contributed by atoms with Gasteiger partial charge in [-0.3, -0.25) is 0 Å². The van der Waals surface area contributed by atoms with Crippen LogP contribution >= 0.6 is 0 Å². The van der Waals surface area contributed by atoms with Crippen molar-refractivity contribution in [2.45, 2.75) is 32.0 Å². The summed E-state index contributed by atoms with van der Waals surface area (Å²) in [5.41, 5.74) is 6.21. The molecule has 1 heterocycles. The Morgan fingerprint density at radius 1 is 1.37 bits per heavy atom. The van der Waals surface area contributed by atoms with Crippen LogP contribution in [0.25, 0.3) is 0 Å². The van der Waals surface area contributed by atoms with E-state index in [-0.39, 0.29) is 24.8 Å². The van der Waals surface area contributed by atoms with Crippen molar-refractivity contribution in [3.05, 3.63) is 24.3 Å². The van der Waals surface area contributed by atoms with Gasteiger partial charge >= 0.3 is 5.97 Å². The summed E-state index contributed by atoms with van der Waals surface area (Å²) in [5, 5.41) is 0. The number of benzene rings is 1. The summed E-state index contributed by atoms with van der Waals surface area (Å²) in [4.78, 5) is 11.5. The molecule has 5 nitrogen and oxygen atoms in total. The van der Waals surface area contributed by atoms with E-state index in [9.17, 15) is 4.79 Å². The molecule has 1 aromatic carbocycles. The van der Waals surface area contributed by atoms with Gasteiger partial charge in [0.25, 0.3) is 0 Å². The summed E-state index contributed by atoms with van der Waals surface area (Å²) in [6.45, 7) is 2.21. The number of nitrogen functional groups attached to an aromatic ring is 1. The molecule has 2 N–H and O–H groups in total. The van der Waals surface area contributed by atoms with E-state index in [0.717, 1.165) is 12.8 Å². The van der Waals surface area contributed by atoms with Crippen molar-refractivity contribution >= 4 is 11.7 Å². The Bertz CT molecular complexity index is 418. The smallest absolute Gasteiger partial charge is 0.344 e. The van der Waals surface area contributed by atoms with Gasteiger partial charge in [-0.2, -0.15) is 0 Å². The van der Waals surface area contributed by atoms with Crippen molar-refractivity contribution in [3.8, 4) is 5.75 Å². The van der Waals surface area contributed by atoms with Gasteiger partial charge in [-0.05, 0) is 44.0 Å². The van der Waals surface area contributed by atoms with Crippen molar-refractivity contribution in [2.75, 3.05) is 18.9 Å². The lowest BCUT2D eigenvalue weighted by atomic mass is 10.2. The standard InChI is InChI=1S/C14H19NO4/c1-10-2-5-13(19-10)8-18-14(16)9-17-12-6-3-11(15)4-7-12/h3-4,6-7,10,13H,2,5,8-9,15H2,1H3. The molecule has 0 aromatic heterocycles. The molecule has 0 amide bonds. The van der Waals surface area contributed by atoms with E-state index in [1.165, 1.54) is 0 Å². The highest BCUT2D eigenvalue weighted by Gasteiger charge is 2.23. The van der Waals surface area contributed by atoms with E-state index in [1.807, 2.05) is 6.92 Å². The minimum Gasteiger partial charge on any atom is -0.482 e. The predicted molar refractivity (Wildman–Crippen MR) is 70.9 cm³/mol. The van der Waals surface area contributed by atoms with Gasteiger partial charge in [-0.25, -0.2) is 4.79 Å². The highest BCUT2D eigenvalue weighted by atomic mass is 16.6. The third-order valence-corrected chi connectivity index (χ3v) is 2.99. The SMILES string of the molecule is CC1CCC(COC(=O)COc2ccc(N)cc2)O1. The summed E-state index contributed by atoms with van der Waals surface area (Å²) in [6, 6.07) is 6.86. The Labute approximate surface area is 112 Å². The summed E-state index contributed by atoms with van der Waals surface area (Å²) in [5.74, 6) is 0.205. The molecule has 1 saturated heterocycles. The maximum absolute atomic E-state index is 11.5. The molecule has 0 radical (unpaired) electrons. The van der Waals surface area contributed by atoms with E-state index in [2.05, 4.69) is 0 Å². The lowest BCUT2D eigenvalue weighted by Crippen LogP contribution is -2.22. The Hall–Kier alpha value is -1.75. The van der Waals surface area contributed by atoms with E-state index in [1.54, 1.807) is 24.3 Å². The van der Waals surface area contributed by atoms with Crippen molar-refractivity contribution < 1.29 is 19.0 Å². The molecule has 19 heavy (non-hydrogen) atoms. The first kappa shape index (κ1) is 13.7. The highest BCUT2D eigenvalue weighted by molar-refractivity contribution is 5.71. The van der Waals surface area contributed by atoms with Crippen LogP contribution in [0.15, 0.2) is 24.3 Å². The first-order valence-electron chi connectivity index (χ1n) is 6.43. The Balaban J connectivity index is 1.65. The number of hydrogen-bond acceptors (Lipinski definition) is 5. The van der Waals surface area contributed by atoms with Crippen LogP contribution in [0.2, 0.25) is 0 Å². The summed E-state index contributed by atoms with van der Waals surface area (Å²) >= 11 is 0. The van der Waals surface area contributed by atoms with E-state index in [4.69, 9.17) is 19.9 Å². The lowest BCUT2D eigenvalue weighted by molar-refractivity contribution is -0.149. The predicted octanol–water partition coefficient (Wildman–Crippen LogP) is 1.76. The van der Waals surface area contributed by atoms with Gasteiger partial charge < -0.3 is 19.9 Å². The first-order valence-corrected chi connectivity index (χ1v) is 6.43. The van der Waals surface area contributed by atoms with Gasteiger partial charge in [-0.15, -0.1) is 0 Å². The summed E-state index contributed by atoms with van der Waals surface area (Å²) in [7, 11) is 0. The third-order valence-electron chi connectivity index (χ3n) is 2.99. The van der Waals surface area contributed by atoms with E-state index < -0.39 is 0 Å². The molecule has 2 rings (SSSR count). The molecule has 0 spiro atoms. The third kappa shape index (κ3) is 4.44. The molecule has 1 fully saturated rings. The molecule has 2 unspecified atom stereocenters. The van der Waals surface area contributed by atoms with Gasteiger partial charge in [0.05, 0.1) is 12.2 Å². The maximum Gasteiger partial charge on any atom is 0.344 e. The average Bonchev–Trinajstić information content (AvgIpc) is 2.81. The quantitative estimate of drug-likeness (QED) is 0.649. The number of esters is 1. The molecule has 1 aliphatic rings. The van der Waals surface area contributed by atoms with Crippen LogP contribution in [0.1, 0.15) is 19.8 Å². The number of hydrogen-bond donors (Lipinski definition) is 1. The number of carbonyl (C=O) groups excluding carboxylic acids is 1. The second-order valence-corrected chi connectivity index (χ2v) is 4.69. The first-order chi connectivity index (χ1) is 9.13. The van der Waals surface area contributed by atoms with Crippen LogP contribution in [-0.2, 0) is 14.3 Å². The molecular formula is C14H19NO4. The van der Waals surface area contributed by atoms with Gasteiger partial charge in [-0.1, -0.05) is 0 Å². The number of carbonyl (C=O) groups is 1. The van der Waals surface area contributed by atoms with Gasteiger partial charge in [0.1, 0.15) is 12.4 Å². The van der Waals surface area contributed by atoms with Crippen LogP contribution in [-0.4, -0.2) is 31.4 Å². The molecule has 2 atom stereocenters. The van der Waals surface area contributed by atoms with Gasteiger partial charge in [0.2, 0.25) is 0 Å². The summed E-state index contributed by atoms with van der Waals surface area (Å²) < 4.78 is 15.9. The van der Waals surface area contributed by atoms with Crippen molar-refractivity contribution in [3.63, 3.8) is 0 Å². The molecule has 104 valence electrons. The fourth-order valence-electron chi connectivity index (χ4n) is 1.94. The second kappa shape index (κ2) is 6.43. The second-order valence-electron chi connectivity index (χ2n) is 4.69. The van der Waals surface area contributed by atoms with E-state index in [0.29, 0.717) is 18.0 Å². The Kier molecular flexibility index (Phi) is 4.63. The molecule has 1 aliphatic heterocycles. The Morgan fingerprint density at radius 2 is 2.11 bits per heavy atom. The van der Waals surface area contributed by atoms with Crippen molar-refractivity contribution in [1.29, 1.82) is 0 Å². The van der Waals surface area contributed by atoms with Crippen LogP contribution in [0.5, 0.6) is 5.75 Å². The van der Waals surface area contributed by atoms with Crippen LogP contribution in [0.4, 0.5) is 5.69 Å². The number of nitrogens with two attached hydrogens (primary N) is 1. The van der Waals surface area contributed by atoms with Crippen molar-refractivity contribution in [1.82, 2.24) is 0 Å². The number of ether oxygens (including phenoxy) is 3. The van der Waals surface area contributed by atoms with Crippen LogP contribution < -0.4 is 10.5 Å². The molecule has 0 aliphatic carbocycles. The average molecular weight is 265 g/mol. The van der Waals surface area contributed by atoms with Gasteiger partial charge in [0, 0.05) is 5.69 Å². The topological polar surface area (TPSA) is 70.8 Å². The number of anilines is 1. The fraction of sp³-hybridized carbons (Fsp3) is 0.500. The minimum absolute atomic E-state index is 0.0236. The monoisotopic (exact) mass is 265 g/mol. The minimum atomic E-state index is -0.389. The van der Waals surface area contributed by atoms with Crippen LogP contribution in [0.3, 0.4) is 0 Å². The van der Waals surface area contributed by atoms with Gasteiger partial charge in [0.15, 0.2) is 6.61 Å². The zero-order valence-corrected chi connectivity index (χ0v) is 11.0. The largest absolute Gasteiger partial charge is 0.482 e. The molecule has 0 saturated carbocycles. The number of rotatable bonds is 5. The lowest BCUT2D eigenvalue weighted by Gasteiger charge is -2.12. The normalized spacial score (nSPS) is 22.2. The Morgan fingerprint density at radius 3 is 2.74 bits per heavy atom. The summed E-state index contributed by atoms with van der Waals surface area (Å²) in [6.07, 6.45) is 2.24. The molecule has 0 bridgehead atoms. The van der Waals surface area contributed by atoms with Crippen LogP contribution in [0, 0.1) is 0 Å². The molecule has 1 aromatic rings. The molecule has 5 heteroatoms. The highest BCUT2D eigenvalue weighted by Crippen LogP contribution is 2.19.